The van der Waals surface area contributed by atoms with Crippen molar-refractivity contribution < 1.29 is 13.2 Å². The first-order chi connectivity index (χ1) is 4.77. The van der Waals surface area contributed by atoms with Gasteiger partial charge < -0.3 is 4.74 Å². The molecular weight excluding hydrogens is 190 g/mol. The fourth-order valence-corrected chi connectivity index (χ4v) is 1.02. The van der Waals surface area contributed by atoms with Gasteiger partial charge in [0.05, 0.1) is 5.60 Å². The second kappa shape index (κ2) is 3.71. The molecule has 0 spiro atoms. The molecule has 0 aliphatic carbocycles. The molecule has 0 aromatic rings. The molecule has 0 bridgehead atoms. The maximum Gasteiger partial charge on any atom is 0.297 e. The summed E-state index contributed by atoms with van der Waals surface area (Å²) >= 11 is 0. The number of halogens is 1. The first kappa shape index (κ1) is 11.2. The molecule has 0 aliphatic heterocycles. The van der Waals surface area contributed by atoms with Gasteiger partial charge in [0, 0.05) is 24.3 Å². The van der Waals surface area contributed by atoms with Crippen molar-refractivity contribution in [3.05, 3.63) is 0 Å². The van der Waals surface area contributed by atoms with E-state index in [2.05, 4.69) is 4.72 Å². The lowest BCUT2D eigenvalue weighted by molar-refractivity contribution is 0.0277. The molecule has 0 unspecified atom stereocenters. The number of hydrogen-bond donors (Lipinski definition) is 1. The van der Waals surface area contributed by atoms with Crippen LogP contribution in [0.4, 0.5) is 0 Å². The largest absolute Gasteiger partial charge is 0.377 e. The van der Waals surface area contributed by atoms with Crippen LogP contribution >= 0.6 is 10.7 Å². The van der Waals surface area contributed by atoms with E-state index in [4.69, 9.17) is 15.4 Å². The molecule has 0 aromatic carbocycles. The van der Waals surface area contributed by atoms with Gasteiger partial charge >= 0.3 is 0 Å². The topological polar surface area (TPSA) is 55.4 Å². The van der Waals surface area contributed by atoms with E-state index in [1.54, 1.807) is 13.8 Å². The van der Waals surface area contributed by atoms with Crippen LogP contribution in [-0.2, 0) is 14.0 Å². The van der Waals surface area contributed by atoms with Crippen LogP contribution in [0, 0.1) is 0 Å². The van der Waals surface area contributed by atoms with Crippen molar-refractivity contribution in [2.24, 2.45) is 0 Å². The normalized spacial score (nSPS) is 13.5. The van der Waals surface area contributed by atoms with Crippen molar-refractivity contribution in [2.45, 2.75) is 19.4 Å². The third-order valence-electron chi connectivity index (χ3n) is 1.22. The Morgan fingerprint density at radius 2 is 2.00 bits per heavy atom. The Balaban J connectivity index is 3.90. The van der Waals surface area contributed by atoms with Crippen LogP contribution in [-0.4, -0.2) is 27.7 Å². The third kappa shape index (κ3) is 6.55. The first-order valence-electron chi connectivity index (χ1n) is 3.01. The second-order valence-electron chi connectivity index (χ2n) is 2.72. The van der Waals surface area contributed by atoms with E-state index in [1.807, 2.05) is 0 Å². The van der Waals surface area contributed by atoms with Crippen molar-refractivity contribution in [1.82, 2.24) is 4.72 Å². The van der Waals surface area contributed by atoms with Gasteiger partial charge in [-0.05, 0) is 13.8 Å². The Kier molecular flexibility index (Phi) is 3.76. The molecule has 6 heteroatoms. The highest BCUT2D eigenvalue weighted by Crippen LogP contribution is 2.05. The zero-order chi connectivity index (χ0) is 9.12. The van der Waals surface area contributed by atoms with Gasteiger partial charge in [-0.3, -0.25) is 0 Å². The highest BCUT2D eigenvalue weighted by molar-refractivity contribution is 8.12. The molecule has 68 valence electrons. The van der Waals surface area contributed by atoms with Crippen LogP contribution in [0.2, 0.25) is 0 Å². The molecule has 0 saturated carbocycles. The number of methoxy groups -OCH3 is 1. The minimum Gasteiger partial charge on any atom is -0.377 e. The van der Waals surface area contributed by atoms with Gasteiger partial charge in [0.2, 0.25) is 0 Å². The molecule has 0 atom stereocenters. The van der Waals surface area contributed by atoms with Crippen molar-refractivity contribution in [2.75, 3.05) is 13.7 Å². The first-order valence-corrected chi connectivity index (χ1v) is 5.32. The number of rotatable bonds is 4. The third-order valence-corrected chi connectivity index (χ3v) is 2.04. The summed E-state index contributed by atoms with van der Waals surface area (Å²) in [5, 5.41) is 0. The lowest BCUT2D eigenvalue weighted by atomic mass is 10.1. The van der Waals surface area contributed by atoms with E-state index in [0.717, 1.165) is 0 Å². The Bertz CT molecular complexity index is 212. The van der Waals surface area contributed by atoms with E-state index in [1.165, 1.54) is 7.11 Å². The fraction of sp³-hybridized carbons (Fsp3) is 1.00. The maximum atomic E-state index is 10.4. The van der Waals surface area contributed by atoms with Crippen LogP contribution in [0.25, 0.3) is 0 Å². The van der Waals surface area contributed by atoms with Crippen molar-refractivity contribution in [3.63, 3.8) is 0 Å². The standard InChI is InChI=1S/C5H12ClNO3S/c1-5(2,10-3)4-7-11(6,8)9/h7H,4H2,1-3H3. The van der Waals surface area contributed by atoms with Gasteiger partial charge in [0.1, 0.15) is 0 Å². The van der Waals surface area contributed by atoms with Gasteiger partial charge in [-0.1, -0.05) is 0 Å². The van der Waals surface area contributed by atoms with Crippen molar-refractivity contribution in [1.29, 1.82) is 0 Å². The minimum atomic E-state index is -3.63. The summed E-state index contributed by atoms with van der Waals surface area (Å²) in [4.78, 5) is 0. The molecule has 0 radical (unpaired) electrons. The number of nitrogens with one attached hydrogen (secondary N) is 1. The summed E-state index contributed by atoms with van der Waals surface area (Å²) in [5.74, 6) is 0. The molecular formula is C5H12ClNO3S. The Morgan fingerprint density at radius 1 is 1.55 bits per heavy atom. The highest BCUT2D eigenvalue weighted by Gasteiger charge is 2.18. The van der Waals surface area contributed by atoms with Crippen LogP contribution < -0.4 is 4.72 Å². The number of ether oxygens (including phenoxy) is 1. The highest BCUT2D eigenvalue weighted by atomic mass is 35.7. The molecule has 1 N–H and O–H groups in total. The molecule has 0 heterocycles. The summed E-state index contributed by atoms with van der Waals surface area (Å²) in [6.07, 6.45) is 0. The summed E-state index contributed by atoms with van der Waals surface area (Å²) in [6.45, 7) is 3.67. The minimum absolute atomic E-state index is 0.162. The molecule has 4 nitrogen and oxygen atoms in total. The fourth-order valence-electron chi connectivity index (χ4n) is 0.332. The molecule has 11 heavy (non-hydrogen) atoms. The van der Waals surface area contributed by atoms with E-state index in [-0.39, 0.29) is 6.54 Å². The number of hydrogen-bond acceptors (Lipinski definition) is 3. The van der Waals surface area contributed by atoms with Gasteiger partial charge in [0.15, 0.2) is 0 Å². The van der Waals surface area contributed by atoms with Crippen LogP contribution in [0.5, 0.6) is 0 Å². The van der Waals surface area contributed by atoms with Gasteiger partial charge in [-0.15, -0.1) is 0 Å². The summed E-state index contributed by atoms with van der Waals surface area (Å²) in [7, 11) is 2.78. The molecule has 0 rings (SSSR count). The SMILES string of the molecule is COC(C)(C)CNS(=O)(=O)Cl. The summed E-state index contributed by atoms with van der Waals surface area (Å²) in [5.41, 5.74) is -0.526. The monoisotopic (exact) mass is 201 g/mol. The van der Waals surface area contributed by atoms with Gasteiger partial charge in [-0.2, -0.15) is 13.1 Å². The molecule has 0 aliphatic rings. The van der Waals surface area contributed by atoms with Crippen LogP contribution in [0.3, 0.4) is 0 Å². The predicted octanol–water partition coefficient (Wildman–Crippen LogP) is 0.485. The van der Waals surface area contributed by atoms with Crippen LogP contribution in [0.15, 0.2) is 0 Å². The van der Waals surface area contributed by atoms with Crippen molar-refractivity contribution >= 4 is 19.9 Å². The zero-order valence-corrected chi connectivity index (χ0v) is 8.29. The zero-order valence-electron chi connectivity index (χ0n) is 6.72. The Labute approximate surface area is 71.4 Å². The van der Waals surface area contributed by atoms with Crippen LogP contribution in [0.1, 0.15) is 13.8 Å². The van der Waals surface area contributed by atoms with E-state index < -0.39 is 14.8 Å². The molecule has 0 saturated heterocycles. The van der Waals surface area contributed by atoms with Gasteiger partial charge in [-0.25, -0.2) is 0 Å². The lowest BCUT2D eigenvalue weighted by Gasteiger charge is -2.21. The van der Waals surface area contributed by atoms with Crippen molar-refractivity contribution in [3.8, 4) is 0 Å². The predicted molar refractivity (Wildman–Crippen MR) is 43.9 cm³/mol. The Morgan fingerprint density at radius 3 is 2.27 bits per heavy atom. The second-order valence-corrected chi connectivity index (χ2v) is 5.11. The Hall–Kier alpha value is 0.160. The van der Waals surface area contributed by atoms with E-state index in [9.17, 15) is 8.42 Å². The van der Waals surface area contributed by atoms with E-state index in [0.29, 0.717) is 0 Å². The summed E-state index contributed by atoms with van der Waals surface area (Å²) in [6, 6.07) is 0. The van der Waals surface area contributed by atoms with E-state index >= 15 is 0 Å². The molecule has 0 fully saturated rings. The average molecular weight is 202 g/mol. The lowest BCUT2D eigenvalue weighted by Crippen LogP contribution is -2.37. The smallest absolute Gasteiger partial charge is 0.297 e. The molecule has 0 aromatic heterocycles. The van der Waals surface area contributed by atoms with Gasteiger partial charge in [0.25, 0.3) is 9.24 Å². The average Bonchev–Trinajstić information content (AvgIpc) is 1.83. The maximum absolute atomic E-state index is 10.4. The quantitative estimate of drug-likeness (QED) is 0.674. The summed E-state index contributed by atoms with van der Waals surface area (Å²) < 4.78 is 27.9. The molecule has 0 amide bonds.